The Morgan fingerprint density at radius 2 is 1.50 bits per heavy atom. The Balaban J connectivity index is 1.61. The van der Waals surface area contributed by atoms with E-state index in [1.807, 2.05) is 30.3 Å². The van der Waals surface area contributed by atoms with Crippen LogP contribution in [0.15, 0.2) is 54.6 Å². The summed E-state index contributed by atoms with van der Waals surface area (Å²) in [6, 6.07) is 15.6. The Labute approximate surface area is 138 Å². The highest BCUT2D eigenvalue weighted by Gasteiger charge is 2.38. The van der Waals surface area contributed by atoms with Crippen LogP contribution in [0.2, 0.25) is 0 Å². The van der Waals surface area contributed by atoms with E-state index in [1.165, 1.54) is 19.1 Å². The van der Waals surface area contributed by atoms with Crippen molar-refractivity contribution in [1.29, 1.82) is 0 Å². The molecule has 1 aliphatic heterocycles. The highest BCUT2D eigenvalue weighted by atomic mass is 16.7. The molecule has 24 heavy (non-hydrogen) atoms. The molecular weight excluding hydrogens is 310 g/mol. The summed E-state index contributed by atoms with van der Waals surface area (Å²) in [6.07, 6.45) is -1.09. The normalized spacial score (nSPS) is 14.5. The van der Waals surface area contributed by atoms with Crippen LogP contribution >= 0.6 is 0 Å². The second-order valence-electron chi connectivity index (χ2n) is 5.29. The van der Waals surface area contributed by atoms with Crippen molar-refractivity contribution in [2.75, 3.05) is 0 Å². The fourth-order valence-electron chi connectivity index (χ4n) is 2.31. The van der Waals surface area contributed by atoms with Crippen LogP contribution in [0.5, 0.6) is 0 Å². The molecule has 1 unspecified atom stereocenters. The molecule has 3 rings (SSSR count). The van der Waals surface area contributed by atoms with Gasteiger partial charge >= 0.3 is 5.97 Å². The van der Waals surface area contributed by atoms with Crippen molar-refractivity contribution in [3.05, 3.63) is 71.3 Å². The summed E-state index contributed by atoms with van der Waals surface area (Å²) in [7, 11) is 0. The predicted molar refractivity (Wildman–Crippen MR) is 83.7 cm³/mol. The topological polar surface area (TPSA) is 72.9 Å². The molecule has 2 aromatic rings. The van der Waals surface area contributed by atoms with Crippen molar-refractivity contribution in [3.8, 4) is 0 Å². The Bertz CT molecular complexity index is 752. The molecule has 1 aliphatic rings. The molecule has 0 spiro atoms. The molecule has 0 bridgehead atoms. The average Bonchev–Trinajstić information content (AvgIpc) is 2.86. The maximum absolute atomic E-state index is 12.2. The van der Waals surface area contributed by atoms with Crippen LogP contribution in [0, 0.1) is 0 Å². The number of nitrogens with zero attached hydrogens (tertiary/aromatic N) is 1. The molecular formula is C18H15NO5. The number of hydrogen-bond donors (Lipinski definition) is 0. The van der Waals surface area contributed by atoms with Gasteiger partial charge in [-0.25, -0.2) is 9.63 Å². The van der Waals surface area contributed by atoms with Crippen LogP contribution in [-0.2, 0) is 21.0 Å². The van der Waals surface area contributed by atoms with Crippen molar-refractivity contribution >= 4 is 17.8 Å². The second-order valence-corrected chi connectivity index (χ2v) is 5.29. The number of rotatable bonds is 5. The van der Waals surface area contributed by atoms with Gasteiger partial charge in [-0.1, -0.05) is 42.5 Å². The van der Waals surface area contributed by atoms with E-state index in [-0.39, 0.29) is 17.7 Å². The number of ether oxygens (including phenoxy) is 1. The third kappa shape index (κ3) is 3.04. The van der Waals surface area contributed by atoms with Crippen molar-refractivity contribution in [2.24, 2.45) is 0 Å². The first-order valence-electron chi connectivity index (χ1n) is 7.43. The van der Waals surface area contributed by atoms with E-state index in [9.17, 15) is 14.4 Å². The summed E-state index contributed by atoms with van der Waals surface area (Å²) in [6.45, 7) is 1.52. The molecule has 2 amide bonds. The number of carbonyl (C=O) groups is 3. The molecule has 0 saturated carbocycles. The van der Waals surface area contributed by atoms with Gasteiger partial charge in [0.1, 0.15) is 6.61 Å². The van der Waals surface area contributed by atoms with Gasteiger partial charge in [0.05, 0.1) is 11.1 Å². The van der Waals surface area contributed by atoms with Crippen LogP contribution in [0.3, 0.4) is 0 Å². The van der Waals surface area contributed by atoms with Crippen LogP contribution in [0.4, 0.5) is 0 Å². The minimum Gasteiger partial charge on any atom is -0.459 e. The highest BCUT2D eigenvalue weighted by molar-refractivity contribution is 6.20. The summed E-state index contributed by atoms with van der Waals surface area (Å²) >= 11 is 0. The Morgan fingerprint density at radius 1 is 0.958 bits per heavy atom. The predicted octanol–water partition coefficient (Wildman–Crippen LogP) is 2.35. The molecule has 1 heterocycles. The van der Waals surface area contributed by atoms with E-state index in [0.717, 1.165) is 5.56 Å². The van der Waals surface area contributed by atoms with Gasteiger partial charge in [-0.15, -0.1) is 5.06 Å². The van der Waals surface area contributed by atoms with Crippen molar-refractivity contribution in [1.82, 2.24) is 5.06 Å². The first kappa shape index (κ1) is 15.9. The van der Waals surface area contributed by atoms with Crippen molar-refractivity contribution < 1.29 is 24.0 Å². The zero-order valence-electron chi connectivity index (χ0n) is 13.0. The average molecular weight is 325 g/mol. The van der Waals surface area contributed by atoms with Crippen molar-refractivity contribution in [2.45, 2.75) is 19.6 Å². The summed E-state index contributed by atoms with van der Waals surface area (Å²) in [5.74, 6) is -1.83. The lowest BCUT2D eigenvalue weighted by Crippen LogP contribution is -2.37. The third-order valence-electron chi connectivity index (χ3n) is 3.58. The largest absolute Gasteiger partial charge is 0.459 e. The number of hydrogen-bond acceptors (Lipinski definition) is 5. The Hall–Kier alpha value is -2.99. The molecule has 0 radical (unpaired) electrons. The summed E-state index contributed by atoms with van der Waals surface area (Å²) in [5, 5.41) is 0.610. The smallest absolute Gasteiger partial charge is 0.338 e. The van der Waals surface area contributed by atoms with Gasteiger partial charge in [0.15, 0.2) is 6.10 Å². The lowest BCUT2D eigenvalue weighted by atomic mass is 10.1. The van der Waals surface area contributed by atoms with E-state index in [4.69, 9.17) is 9.57 Å². The van der Waals surface area contributed by atoms with Crippen LogP contribution < -0.4 is 0 Å². The Kier molecular flexibility index (Phi) is 4.39. The van der Waals surface area contributed by atoms with Gasteiger partial charge in [0.25, 0.3) is 11.8 Å². The van der Waals surface area contributed by atoms with Gasteiger partial charge < -0.3 is 4.74 Å². The molecule has 0 aromatic heterocycles. The number of benzene rings is 2. The number of hydroxylamine groups is 2. The molecule has 0 N–H and O–H groups in total. The number of imide groups is 1. The quantitative estimate of drug-likeness (QED) is 0.623. The minimum atomic E-state index is -1.09. The van der Waals surface area contributed by atoms with E-state index < -0.39 is 23.9 Å². The maximum atomic E-state index is 12.2. The zero-order valence-corrected chi connectivity index (χ0v) is 13.0. The van der Waals surface area contributed by atoms with Crippen LogP contribution in [0.25, 0.3) is 0 Å². The van der Waals surface area contributed by atoms with E-state index in [0.29, 0.717) is 5.06 Å². The van der Waals surface area contributed by atoms with E-state index >= 15 is 0 Å². The minimum absolute atomic E-state index is 0.0927. The first-order chi connectivity index (χ1) is 11.6. The van der Waals surface area contributed by atoms with Gasteiger partial charge in [-0.2, -0.15) is 0 Å². The van der Waals surface area contributed by atoms with Gasteiger partial charge in [-0.05, 0) is 24.6 Å². The van der Waals surface area contributed by atoms with Crippen LogP contribution in [0.1, 0.15) is 33.2 Å². The lowest BCUT2D eigenvalue weighted by molar-refractivity contribution is -0.178. The molecule has 6 nitrogen and oxygen atoms in total. The van der Waals surface area contributed by atoms with E-state index in [2.05, 4.69) is 0 Å². The molecule has 0 fully saturated rings. The highest BCUT2D eigenvalue weighted by Crippen LogP contribution is 2.23. The molecule has 6 heteroatoms. The summed E-state index contributed by atoms with van der Waals surface area (Å²) < 4.78 is 5.13. The first-order valence-corrected chi connectivity index (χ1v) is 7.43. The molecule has 2 aromatic carbocycles. The van der Waals surface area contributed by atoms with Crippen LogP contribution in [-0.4, -0.2) is 29.0 Å². The monoisotopic (exact) mass is 325 g/mol. The number of amides is 2. The van der Waals surface area contributed by atoms with E-state index in [1.54, 1.807) is 12.1 Å². The second kappa shape index (κ2) is 6.64. The molecule has 0 aliphatic carbocycles. The number of fused-ring (bicyclic) bond motifs is 1. The molecule has 1 atom stereocenters. The zero-order chi connectivity index (χ0) is 17.1. The fraction of sp³-hybridized carbons (Fsp3) is 0.167. The summed E-state index contributed by atoms with van der Waals surface area (Å²) in [5.41, 5.74) is 1.35. The van der Waals surface area contributed by atoms with Gasteiger partial charge in [0, 0.05) is 0 Å². The third-order valence-corrected chi connectivity index (χ3v) is 3.58. The SMILES string of the molecule is CC(ON1C(=O)c2ccccc2C1=O)C(=O)OCc1ccccc1. The van der Waals surface area contributed by atoms with Gasteiger partial charge in [0.2, 0.25) is 0 Å². The van der Waals surface area contributed by atoms with Gasteiger partial charge in [-0.3, -0.25) is 9.59 Å². The summed E-state index contributed by atoms with van der Waals surface area (Å²) in [4.78, 5) is 41.6. The number of carbonyl (C=O) groups excluding carboxylic acids is 3. The fourth-order valence-corrected chi connectivity index (χ4v) is 2.31. The Morgan fingerprint density at radius 3 is 2.08 bits per heavy atom. The maximum Gasteiger partial charge on any atom is 0.338 e. The lowest BCUT2D eigenvalue weighted by Gasteiger charge is -2.18. The molecule has 0 saturated heterocycles. The van der Waals surface area contributed by atoms with Crippen molar-refractivity contribution in [3.63, 3.8) is 0 Å². The molecule has 122 valence electrons. The standard InChI is InChI=1S/C18H15NO5/c1-12(18(22)23-11-13-7-3-2-4-8-13)24-19-16(20)14-9-5-6-10-15(14)17(19)21/h2-10,12H,11H2,1H3. The number of esters is 1.